The van der Waals surface area contributed by atoms with E-state index in [0.717, 1.165) is 23.8 Å². The predicted molar refractivity (Wildman–Crippen MR) is 130 cm³/mol. The van der Waals surface area contributed by atoms with Crippen molar-refractivity contribution < 1.29 is 27.5 Å². The molecule has 2 N–H and O–H groups in total. The number of carbonyl (C=O) groups is 2. The molecule has 0 aromatic heterocycles. The molecular weight excluding hydrogens is 495 g/mol. The Morgan fingerprint density at radius 3 is 2.39 bits per heavy atom. The van der Waals surface area contributed by atoms with Crippen molar-refractivity contribution >= 4 is 40.9 Å². The molecule has 3 rings (SSSR count). The molecule has 184 valence electrons. The van der Waals surface area contributed by atoms with Gasteiger partial charge in [-0.2, -0.15) is 18.4 Å². The molecular formula is C26H19ClF3N3O3. The monoisotopic (exact) mass is 513 g/mol. The highest BCUT2D eigenvalue weighted by atomic mass is 35.5. The lowest BCUT2D eigenvalue weighted by molar-refractivity contribution is -0.137. The zero-order valence-electron chi connectivity index (χ0n) is 18.8. The summed E-state index contributed by atoms with van der Waals surface area (Å²) >= 11 is 6.21. The second-order valence-electron chi connectivity index (χ2n) is 7.60. The van der Waals surface area contributed by atoms with E-state index in [2.05, 4.69) is 10.6 Å². The summed E-state index contributed by atoms with van der Waals surface area (Å²) in [4.78, 5) is 24.5. The van der Waals surface area contributed by atoms with Gasteiger partial charge in [0.15, 0.2) is 6.61 Å². The van der Waals surface area contributed by atoms with E-state index >= 15 is 0 Å². The number of anilines is 2. The van der Waals surface area contributed by atoms with E-state index in [1.54, 1.807) is 18.2 Å². The first kappa shape index (κ1) is 26.3. The topological polar surface area (TPSA) is 91.2 Å². The Hall–Kier alpha value is -4.29. The van der Waals surface area contributed by atoms with Gasteiger partial charge in [0.2, 0.25) is 0 Å². The fraction of sp³-hybridized carbons (Fsp3) is 0.115. The van der Waals surface area contributed by atoms with Crippen LogP contribution in [0.4, 0.5) is 24.5 Å². The highest BCUT2D eigenvalue weighted by molar-refractivity contribution is 6.32. The molecule has 0 heterocycles. The van der Waals surface area contributed by atoms with E-state index in [1.165, 1.54) is 30.3 Å². The Bertz CT molecular complexity index is 1350. The number of carbonyl (C=O) groups excluding carboxylic acids is 2. The van der Waals surface area contributed by atoms with Crippen molar-refractivity contribution in [3.63, 3.8) is 0 Å². The van der Waals surface area contributed by atoms with Gasteiger partial charge < -0.3 is 15.4 Å². The number of hydrogen-bond acceptors (Lipinski definition) is 4. The fourth-order valence-electron chi connectivity index (χ4n) is 2.99. The molecule has 0 atom stereocenters. The molecule has 36 heavy (non-hydrogen) atoms. The normalized spacial score (nSPS) is 11.4. The Morgan fingerprint density at radius 1 is 1.03 bits per heavy atom. The third-order valence-corrected chi connectivity index (χ3v) is 5.07. The van der Waals surface area contributed by atoms with Crippen LogP contribution in [-0.4, -0.2) is 18.4 Å². The van der Waals surface area contributed by atoms with E-state index in [0.29, 0.717) is 11.3 Å². The van der Waals surface area contributed by atoms with E-state index in [9.17, 15) is 28.0 Å². The van der Waals surface area contributed by atoms with E-state index in [1.807, 2.05) is 19.1 Å². The highest BCUT2D eigenvalue weighted by Crippen LogP contribution is 2.31. The molecule has 3 aromatic carbocycles. The summed E-state index contributed by atoms with van der Waals surface area (Å²) in [6.07, 6.45) is -3.35. The summed E-state index contributed by atoms with van der Waals surface area (Å²) in [7, 11) is 0. The maximum atomic E-state index is 12.9. The zero-order chi connectivity index (χ0) is 26.3. The molecule has 0 aliphatic rings. The summed E-state index contributed by atoms with van der Waals surface area (Å²) in [5.74, 6) is -1.07. The van der Waals surface area contributed by atoms with Crippen LogP contribution in [0.25, 0.3) is 6.08 Å². The van der Waals surface area contributed by atoms with Crippen molar-refractivity contribution in [3.05, 3.63) is 94.0 Å². The Kier molecular flexibility index (Phi) is 8.35. The van der Waals surface area contributed by atoms with Crippen LogP contribution in [0, 0.1) is 18.3 Å². The van der Waals surface area contributed by atoms with Gasteiger partial charge in [-0.3, -0.25) is 9.59 Å². The fourth-order valence-corrected chi connectivity index (χ4v) is 3.23. The summed E-state index contributed by atoms with van der Waals surface area (Å²) in [6, 6.07) is 17.4. The average molecular weight is 514 g/mol. The number of benzene rings is 3. The van der Waals surface area contributed by atoms with Crippen LogP contribution in [0.1, 0.15) is 16.7 Å². The van der Waals surface area contributed by atoms with Crippen LogP contribution in [0.3, 0.4) is 0 Å². The minimum Gasteiger partial charge on any atom is -0.482 e. The van der Waals surface area contributed by atoms with Crippen LogP contribution in [0.5, 0.6) is 5.75 Å². The number of ether oxygens (including phenoxy) is 1. The van der Waals surface area contributed by atoms with Crippen molar-refractivity contribution in [1.29, 1.82) is 5.26 Å². The van der Waals surface area contributed by atoms with Gasteiger partial charge in [-0.05, 0) is 61.0 Å². The number of nitrogens with zero attached hydrogens (tertiary/aromatic N) is 1. The minimum absolute atomic E-state index is 0.110. The third kappa shape index (κ3) is 7.35. The summed E-state index contributed by atoms with van der Waals surface area (Å²) in [5.41, 5.74) is 0.646. The van der Waals surface area contributed by atoms with Crippen LogP contribution in [0.2, 0.25) is 5.02 Å². The molecule has 0 bridgehead atoms. The first-order valence-corrected chi connectivity index (χ1v) is 10.8. The molecule has 6 nitrogen and oxygen atoms in total. The van der Waals surface area contributed by atoms with Gasteiger partial charge >= 0.3 is 6.18 Å². The lowest BCUT2D eigenvalue weighted by Crippen LogP contribution is -2.20. The second kappa shape index (κ2) is 11.4. The number of nitriles is 1. The smallest absolute Gasteiger partial charge is 0.416 e. The lowest BCUT2D eigenvalue weighted by Gasteiger charge is -2.10. The zero-order valence-corrected chi connectivity index (χ0v) is 19.6. The van der Waals surface area contributed by atoms with E-state index in [4.69, 9.17) is 16.3 Å². The lowest BCUT2D eigenvalue weighted by atomic mass is 10.1. The Labute approximate surface area is 210 Å². The van der Waals surface area contributed by atoms with Crippen molar-refractivity contribution in [2.75, 3.05) is 17.2 Å². The number of nitrogens with one attached hydrogen (secondary N) is 2. The van der Waals surface area contributed by atoms with Crippen LogP contribution in [0.15, 0.2) is 72.3 Å². The molecule has 0 saturated carbocycles. The van der Waals surface area contributed by atoms with Crippen molar-refractivity contribution in [2.24, 2.45) is 0 Å². The molecule has 0 spiro atoms. The van der Waals surface area contributed by atoms with Gasteiger partial charge in [0, 0.05) is 11.4 Å². The highest BCUT2D eigenvalue weighted by Gasteiger charge is 2.30. The van der Waals surface area contributed by atoms with Crippen LogP contribution >= 0.6 is 11.6 Å². The van der Waals surface area contributed by atoms with Crippen LogP contribution < -0.4 is 15.4 Å². The van der Waals surface area contributed by atoms with Crippen LogP contribution in [-0.2, 0) is 15.8 Å². The Balaban J connectivity index is 1.64. The van der Waals surface area contributed by atoms with Gasteiger partial charge in [-0.1, -0.05) is 41.4 Å². The quantitative estimate of drug-likeness (QED) is 0.289. The summed E-state index contributed by atoms with van der Waals surface area (Å²) < 4.78 is 44.1. The maximum Gasteiger partial charge on any atom is 0.416 e. The SMILES string of the molecule is Cc1ccc(NC(=O)COc2ccc(/C=C(\C#N)C(=O)Nc3cccc(C(F)(F)F)c3)cc2Cl)cc1. The molecule has 0 saturated heterocycles. The number of hydrogen-bond donors (Lipinski definition) is 2. The van der Waals surface area contributed by atoms with Gasteiger partial charge in [0.1, 0.15) is 17.4 Å². The maximum absolute atomic E-state index is 12.9. The molecule has 0 aliphatic heterocycles. The van der Waals surface area contributed by atoms with Gasteiger partial charge in [-0.25, -0.2) is 0 Å². The van der Waals surface area contributed by atoms with Crippen molar-refractivity contribution in [2.45, 2.75) is 13.1 Å². The summed E-state index contributed by atoms with van der Waals surface area (Å²) in [5, 5.41) is 14.5. The van der Waals surface area contributed by atoms with Gasteiger partial charge in [-0.15, -0.1) is 0 Å². The molecule has 0 aliphatic carbocycles. The van der Waals surface area contributed by atoms with Crippen molar-refractivity contribution in [1.82, 2.24) is 0 Å². The first-order valence-electron chi connectivity index (χ1n) is 10.4. The van der Waals surface area contributed by atoms with E-state index in [-0.39, 0.29) is 28.6 Å². The second-order valence-corrected chi connectivity index (χ2v) is 8.00. The minimum atomic E-state index is -4.57. The largest absolute Gasteiger partial charge is 0.482 e. The number of aryl methyl sites for hydroxylation is 1. The van der Waals surface area contributed by atoms with E-state index < -0.39 is 23.6 Å². The average Bonchev–Trinajstić information content (AvgIpc) is 2.83. The van der Waals surface area contributed by atoms with Gasteiger partial charge in [0.05, 0.1) is 10.6 Å². The number of alkyl halides is 3. The number of rotatable bonds is 7. The van der Waals surface area contributed by atoms with Crippen molar-refractivity contribution in [3.8, 4) is 11.8 Å². The Morgan fingerprint density at radius 2 is 1.75 bits per heavy atom. The molecule has 10 heteroatoms. The predicted octanol–water partition coefficient (Wildman–Crippen LogP) is 6.23. The number of amides is 2. The molecule has 0 unspecified atom stereocenters. The molecule has 3 aromatic rings. The molecule has 2 amide bonds. The molecule has 0 radical (unpaired) electrons. The third-order valence-electron chi connectivity index (χ3n) is 4.77. The summed E-state index contributed by atoms with van der Waals surface area (Å²) in [6.45, 7) is 1.63. The van der Waals surface area contributed by atoms with Gasteiger partial charge in [0.25, 0.3) is 11.8 Å². The standard InChI is InChI=1S/C26H19ClF3N3O3/c1-16-5-8-20(9-6-16)32-24(34)15-36-23-10-7-17(12-22(23)27)11-18(14-31)25(35)33-21-4-2-3-19(13-21)26(28,29)30/h2-13H,15H2,1H3,(H,32,34)(H,33,35)/b18-11+. The first-order chi connectivity index (χ1) is 17.0. The number of halogens is 4. The molecule has 0 fully saturated rings.